The molecule has 394 valence electrons. The topological polar surface area (TPSA) is 382 Å². The van der Waals surface area contributed by atoms with E-state index in [4.69, 9.17) is 51.8 Å². The third kappa shape index (κ3) is 10.4. The number of para-hydroxylation sites is 1. The van der Waals surface area contributed by atoms with Gasteiger partial charge in [0.25, 0.3) is 0 Å². The van der Waals surface area contributed by atoms with Crippen molar-refractivity contribution in [2.75, 3.05) is 13.7 Å². The molecule has 1 aromatic heterocycles. The number of hydrogen-bond acceptors (Lipinski definition) is 25. The molecule has 0 saturated carbocycles. The molecule has 72 heavy (non-hydrogen) atoms. The van der Waals surface area contributed by atoms with Crippen molar-refractivity contribution in [1.29, 1.82) is 0 Å². The van der Waals surface area contributed by atoms with E-state index >= 15 is 0 Å². The lowest BCUT2D eigenvalue weighted by Gasteiger charge is -2.46. The molecule has 3 aromatic carbocycles. The van der Waals surface area contributed by atoms with Crippen molar-refractivity contribution >= 4 is 16.9 Å². The summed E-state index contributed by atoms with van der Waals surface area (Å²) in [6.07, 6.45) is -33.5. The first-order valence-corrected chi connectivity index (χ1v) is 22.7. The van der Waals surface area contributed by atoms with Gasteiger partial charge in [0.15, 0.2) is 36.7 Å². The number of aliphatic hydroxyl groups excluding tert-OH is 10. The first-order chi connectivity index (χ1) is 34.2. The highest BCUT2D eigenvalue weighted by atomic mass is 16.8. The van der Waals surface area contributed by atoms with Crippen LogP contribution in [0.2, 0.25) is 0 Å². The summed E-state index contributed by atoms with van der Waals surface area (Å²) in [4.78, 5) is 28.0. The van der Waals surface area contributed by atoms with Crippen molar-refractivity contribution in [3.8, 4) is 40.1 Å². The van der Waals surface area contributed by atoms with Gasteiger partial charge >= 0.3 is 5.97 Å². The Morgan fingerprint density at radius 3 is 1.89 bits per heavy atom. The smallest absolute Gasteiger partial charge is 0.342 e. The molecule has 8 rings (SSSR count). The molecule has 4 fully saturated rings. The molecule has 0 spiro atoms. The summed E-state index contributed by atoms with van der Waals surface area (Å²) in [5, 5.41) is 129. The molecule has 4 aliphatic heterocycles. The summed E-state index contributed by atoms with van der Waals surface area (Å²) < 4.78 is 63.5. The van der Waals surface area contributed by atoms with Crippen LogP contribution in [0.1, 0.15) is 31.1 Å². The molecule has 4 saturated heterocycles. The zero-order chi connectivity index (χ0) is 52.0. The maximum absolute atomic E-state index is 14.7. The highest BCUT2D eigenvalue weighted by Crippen LogP contribution is 2.40. The van der Waals surface area contributed by atoms with E-state index in [2.05, 4.69) is 0 Å². The minimum atomic E-state index is -2.08. The van der Waals surface area contributed by atoms with Gasteiger partial charge in [0.1, 0.15) is 101 Å². The van der Waals surface area contributed by atoms with Gasteiger partial charge < -0.3 is 113 Å². The lowest BCUT2D eigenvalue weighted by molar-refractivity contribution is -0.360. The lowest BCUT2D eigenvalue weighted by Crippen LogP contribution is -2.65. The Kier molecular flexibility index (Phi) is 15.9. The minimum absolute atomic E-state index is 0.00449. The van der Waals surface area contributed by atoms with Crippen LogP contribution in [0, 0.1) is 0 Å². The van der Waals surface area contributed by atoms with E-state index < -0.39 is 163 Å². The van der Waals surface area contributed by atoms with Crippen molar-refractivity contribution in [3.05, 3.63) is 76.5 Å². The van der Waals surface area contributed by atoms with Gasteiger partial charge in [-0.05, 0) is 57.2 Å². The van der Waals surface area contributed by atoms with Crippen molar-refractivity contribution in [2.24, 2.45) is 0 Å². The highest BCUT2D eigenvalue weighted by Gasteiger charge is 2.53. The fourth-order valence-corrected chi connectivity index (χ4v) is 8.62. The molecule has 25 heteroatoms. The van der Waals surface area contributed by atoms with Crippen molar-refractivity contribution < 1.29 is 118 Å². The normalized spacial score (nSPS) is 37.2. The van der Waals surface area contributed by atoms with E-state index in [0.717, 1.165) is 12.1 Å². The number of rotatable bonds is 13. The fraction of sp³-hybridized carbons (Fsp3) is 0.532. The Balaban J connectivity index is 1.13. The molecule has 4 aromatic rings. The average Bonchev–Trinajstić information content (AvgIpc) is 3.36. The average molecular weight is 1020 g/mol. The lowest BCUT2D eigenvalue weighted by atomic mass is 9.97. The van der Waals surface area contributed by atoms with E-state index in [1.807, 2.05) is 0 Å². The number of phenols is 2. The standard InChI is InChI=1S/C47H56O25/c1-16-28(50)33(55)36(58)44(64-16)63-15-26-31(53)35(57)42(72-45-37(59)34(56)29(51)17(2)65-45)47(69-26)71-41-32(54)27-23(49)13-21(14-25(27)68-39(41)19-9-11-20(48)12-10-19)67-46-38(60)40(30(52)18(3)66-46)70-43(61)22-7-5-6-8-24(22)62-4/h5-14,16-18,26,28-31,33-38,40,42,44-53,55-60H,15H2,1-4H3/t16-,17-,18-,26+,28-,29-,30-,31-,33+,34+,35-,36+,37+,38+,40+,42+,44+,45-,46-,47-/m0/s1. The maximum Gasteiger partial charge on any atom is 0.342 e. The van der Waals surface area contributed by atoms with Crippen LogP contribution < -0.4 is 19.6 Å². The second-order valence-corrected chi connectivity index (χ2v) is 17.8. The number of fused-ring (bicyclic) bond motifs is 1. The molecule has 20 atom stereocenters. The number of carbonyl (C=O) groups excluding carboxylic acids is 1. The van der Waals surface area contributed by atoms with E-state index in [-0.39, 0.29) is 34.0 Å². The van der Waals surface area contributed by atoms with Crippen LogP contribution in [0.4, 0.5) is 0 Å². The number of phenolic OH excluding ortho intramolecular Hbond substituents is 2. The van der Waals surface area contributed by atoms with Gasteiger partial charge in [-0.2, -0.15) is 0 Å². The number of benzene rings is 3. The summed E-state index contributed by atoms with van der Waals surface area (Å²) in [7, 11) is 1.34. The summed E-state index contributed by atoms with van der Waals surface area (Å²) >= 11 is 0. The van der Waals surface area contributed by atoms with E-state index in [0.29, 0.717) is 0 Å². The molecule has 0 unspecified atom stereocenters. The van der Waals surface area contributed by atoms with Gasteiger partial charge in [0.05, 0.1) is 32.0 Å². The third-order valence-corrected chi connectivity index (χ3v) is 12.9. The number of esters is 1. The monoisotopic (exact) mass is 1020 g/mol. The quantitative estimate of drug-likeness (QED) is 0.0634. The van der Waals surface area contributed by atoms with Gasteiger partial charge in [-0.15, -0.1) is 0 Å². The number of carbonyl (C=O) groups is 1. The Morgan fingerprint density at radius 1 is 0.611 bits per heavy atom. The summed E-state index contributed by atoms with van der Waals surface area (Å²) in [5.74, 6) is -3.25. The highest BCUT2D eigenvalue weighted by molar-refractivity contribution is 5.92. The number of aliphatic hydroxyl groups is 10. The number of aromatic hydroxyl groups is 2. The molecule has 4 aliphatic rings. The molecule has 0 aliphatic carbocycles. The first-order valence-electron chi connectivity index (χ1n) is 22.7. The molecule has 0 bridgehead atoms. The zero-order valence-electron chi connectivity index (χ0n) is 38.7. The first kappa shape index (κ1) is 53.0. The summed E-state index contributed by atoms with van der Waals surface area (Å²) in [6.45, 7) is 3.44. The molecule has 0 amide bonds. The van der Waals surface area contributed by atoms with Gasteiger partial charge in [-0.1, -0.05) is 12.1 Å². The Labute approximate surface area is 407 Å². The Bertz CT molecular complexity index is 2570. The minimum Gasteiger partial charge on any atom is -0.508 e. The van der Waals surface area contributed by atoms with Gasteiger partial charge in [0, 0.05) is 17.7 Å². The molecule has 0 radical (unpaired) electrons. The summed E-state index contributed by atoms with van der Waals surface area (Å²) in [5.41, 5.74) is -1.45. The Hall–Kier alpha value is -5.30. The Morgan fingerprint density at radius 2 is 1.22 bits per heavy atom. The van der Waals surface area contributed by atoms with E-state index in [1.165, 1.54) is 64.3 Å². The molecule has 5 heterocycles. The fourth-order valence-electron chi connectivity index (χ4n) is 8.62. The van der Waals surface area contributed by atoms with Crippen molar-refractivity contribution in [3.63, 3.8) is 0 Å². The molecular weight excluding hydrogens is 964 g/mol. The predicted octanol–water partition coefficient (Wildman–Crippen LogP) is -2.17. The number of methoxy groups -OCH3 is 1. The van der Waals surface area contributed by atoms with Crippen LogP contribution in [0.5, 0.6) is 28.7 Å². The molecule has 12 N–H and O–H groups in total. The number of ether oxygens (including phenoxy) is 10. The SMILES string of the molecule is COc1ccccc1C(=O)O[C@@H]1[C@@H](O)[C@H](C)O[C@@H](Oc2cc(O)c3c(=O)c(O[C@@H]4O[C@H](CO[C@@H]5O[C@@H](C)[C@H](O)[C@@H](O)[C@H]5O)[C@H](O)[C@H](O)[C@H]4O[C@@H]4O[C@@H](C)[C@H](O)[C@@H](O)[C@H]4O)c(-c4ccc(O)cc4)oc3c2)[C@@H]1O. The second kappa shape index (κ2) is 21.7. The second-order valence-electron chi connectivity index (χ2n) is 17.8. The van der Waals surface area contributed by atoms with Gasteiger partial charge in [-0.25, -0.2) is 4.79 Å². The van der Waals surface area contributed by atoms with Crippen LogP contribution in [-0.4, -0.2) is 204 Å². The van der Waals surface area contributed by atoms with Gasteiger partial charge in [-0.3, -0.25) is 4.79 Å². The summed E-state index contributed by atoms with van der Waals surface area (Å²) in [6, 6.07) is 13.3. The third-order valence-electron chi connectivity index (χ3n) is 12.9. The number of hydrogen-bond donors (Lipinski definition) is 12. The van der Waals surface area contributed by atoms with Crippen LogP contribution in [0.3, 0.4) is 0 Å². The molecular formula is C47H56O25. The predicted molar refractivity (Wildman–Crippen MR) is 237 cm³/mol. The maximum atomic E-state index is 14.7. The van der Waals surface area contributed by atoms with Crippen molar-refractivity contribution in [1.82, 2.24) is 0 Å². The van der Waals surface area contributed by atoms with Crippen LogP contribution in [0.25, 0.3) is 22.3 Å². The van der Waals surface area contributed by atoms with E-state index in [1.54, 1.807) is 12.1 Å². The van der Waals surface area contributed by atoms with Crippen LogP contribution >= 0.6 is 0 Å². The van der Waals surface area contributed by atoms with Gasteiger partial charge in [0.2, 0.25) is 23.8 Å². The van der Waals surface area contributed by atoms with Crippen LogP contribution in [0.15, 0.2) is 69.9 Å². The zero-order valence-corrected chi connectivity index (χ0v) is 38.7. The van der Waals surface area contributed by atoms with Crippen molar-refractivity contribution in [2.45, 2.75) is 144 Å². The largest absolute Gasteiger partial charge is 0.508 e. The van der Waals surface area contributed by atoms with E-state index in [9.17, 15) is 70.9 Å². The van der Waals surface area contributed by atoms with Crippen LogP contribution in [-0.2, 0) is 33.2 Å². The molecule has 25 nitrogen and oxygen atoms in total.